The first kappa shape index (κ1) is 15.0. The van der Waals surface area contributed by atoms with Crippen molar-refractivity contribution < 1.29 is 19.0 Å². The highest BCUT2D eigenvalue weighted by molar-refractivity contribution is 9.10. The van der Waals surface area contributed by atoms with E-state index >= 15 is 0 Å². The van der Waals surface area contributed by atoms with Gasteiger partial charge in [0.2, 0.25) is 0 Å². The van der Waals surface area contributed by atoms with E-state index in [-0.39, 0.29) is 5.78 Å². The largest absolute Gasteiger partial charge is 0.493 e. The molecule has 1 aromatic carbocycles. The minimum atomic E-state index is -0.593. The Hall–Kier alpha value is -1.07. The molecule has 5 heteroatoms. The summed E-state index contributed by atoms with van der Waals surface area (Å²) in [7, 11) is 3.12. The highest BCUT2D eigenvalue weighted by Gasteiger charge is 2.22. The molecule has 0 saturated carbocycles. The molecule has 0 fully saturated rings. The van der Waals surface area contributed by atoms with Crippen LogP contribution < -0.4 is 9.47 Å². The molecule has 0 aliphatic rings. The van der Waals surface area contributed by atoms with E-state index in [1.54, 1.807) is 26.4 Å². The van der Waals surface area contributed by atoms with Crippen molar-refractivity contribution in [1.29, 1.82) is 0 Å². The summed E-state index contributed by atoms with van der Waals surface area (Å²) >= 11 is 3.42. The van der Waals surface area contributed by atoms with E-state index in [0.29, 0.717) is 18.1 Å². The van der Waals surface area contributed by atoms with E-state index in [9.17, 15) is 4.79 Å². The fourth-order valence-corrected chi connectivity index (χ4v) is 2.19. The third kappa shape index (κ3) is 3.23. The average molecular weight is 317 g/mol. The van der Waals surface area contributed by atoms with Crippen LogP contribution in [0.5, 0.6) is 11.5 Å². The van der Waals surface area contributed by atoms with Gasteiger partial charge in [-0.1, -0.05) is 15.9 Å². The molecule has 0 bridgehead atoms. The molecule has 0 spiro atoms. The van der Waals surface area contributed by atoms with Crippen LogP contribution in [-0.2, 0) is 9.53 Å². The first-order chi connectivity index (χ1) is 8.54. The summed E-state index contributed by atoms with van der Waals surface area (Å²) in [5.74, 6) is 1.12. The number of hydrogen-bond donors (Lipinski definition) is 0. The van der Waals surface area contributed by atoms with Gasteiger partial charge in [-0.15, -0.1) is 0 Å². The topological polar surface area (TPSA) is 44.8 Å². The van der Waals surface area contributed by atoms with Crippen molar-refractivity contribution in [3.05, 3.63) is 22.2 Å². The maximum Gasteiger partial charge on any atom is 0.163 e. The predicted octanol–water partition coefficient (Wildman–Crippen LogP) is 3.13. The lowest BCUT2D eigenvalue weighted by Crippen LogP contribution is -2.14. The van der Waals surface area contributed by atoms with Gasteiger partial charge in [0.05, 0.1) is 14.2 Å². The number of methoxy groups -OCH3 is 2. The molecule has 4 nitrogen and oxygen atoms in total. The Morgan fingerprint density at radius 3 is 2.28 bits per heavy atom. The Bertz CT molecular complexity index is 431. The van der Waals surface area contributed by atoms with Gasteiger partial charge in [0.1, 0.15) is 6.10 Å². The van der Waals surface area contributed by atoms with Crippen LogP contribution in [0, 0.1) is 0 Å². The van der Waals surface area contributed by atoms with E-state index in [1.165, 1.54) is 6.92 Å². The SMILES string of the molecule is CCOC(C(C)=O)c1cc(OC)c(OC)cc1Br. The molecule has 18 heavy (non-hydrogen) atoms. The van der Waals surface area contributed by atoms with Crippen molar-refractivity contribution in [2.45, 2.75) is 20.0 Å². The van der Waals surface area contributed by atoms with Crippen molar-refractivity contribution in [1.82, 2.24) is 0 Å². The highest BCUT2D eigenvalue weighted by atomic mass is 79.9. The van der Waals surface area contributed by atoms with Crippen molar-refractivity contribution >= 4 is 21.7 Å². The summed E-state index contributed by atoms with van der Waals surface area (Å²) in [5, 5.41) is 0. The number of carbonyl (C=O) groups excluding carboxylic acids is 1. The van der Waals surface area contributed by atoms with Crippen molar-refractivity contribution in [3.63, 3.8) is 0 Å². The van der Waals surface area contributed by atoms with Crippen LogP contribution in [0.1, 0.15) is 25.5 Å². The Balaban J connectivity index is 3.25. The maximum absolute atomic E-state index is 11.6. The zero-order valence-electron chi connectivity index (χ0n) is 11.0. The van der Waals surface area contributed by atoms with Gasteiger partial charge >= 0.3 is 0 Å². The van der Waals surface area contributed by atoms with Gasteiger partial charge in [0.25, 0.3) is 0 Å². The Morgan fingerprint density at radius 2 is 1.83 bits per heavy atom. The van der Waals surface area contributed by atoms with E-state index < -0.39 is 6.10 Å². The lowest BCUT2D eigenvalue weighted by molar-refractivity contribution is -0.128. The summed E-state index contributed by atoms with van der Waals surface area (Å²) < 4.78 is 16.6. The van der Waals surface area contributed by atoms with Crippen LogP contribution >= 0.6 is 15.9 Å². The van der Waals surface area contributed by atoms with Crippen LogP contribution in [0.2, 0.25) is 0 Å². The Morgan fingerprint density at radius 1 is 1.28 bits per heavy atom. The molecule has 0 saturated heterocycles. The zero-order valence-corrected chi connectivity index (χ0v) is 12.5. The summed E-state index contributed by atoms with van der Waals surface area (Å²) in [5.41, 5.74) is 0.738. The smallest absolute Gasteiger partial charge is 0.163 e. The molecule has 0 radical (unpaired) electrons. The zero-order chi connectivity index (χ0) is 13.7. The van der Waals surface area contributed by atoms with Crippen LogP contribution in [0.25, 0.3) is 0 Å². The second kappa shape index (κ2) is 6.75. The molecule has 0 N–H and O–H groups in total. The normalized spacial score (nSPS) is 12.1. The van der Waals surface area contributed by atoms with Gasteiger partial charge < -0.3 is 14.2 Å². The summed E-state index contributed by atoms with van der Waals surface area (Å²) in [6.07, 6.45) is -0.593. The summed E-state index contributed by atoms with van der Waals surface area (Å²) in [6, 6.07) is 3.52. The fourth-order valence-electron chi connectivity index (χ4n) is 1.66. The third-order valence-electron chi connectivity index (χ3n) is 2.49. The lowest BCUT2D eigenvalue weighted by atomic mass is 10.1. The minimum absolute atomic E-state index is 0.0511. The van der Waals surface area contributed by atoms with Crippen LogP contribution in [0.3, 0.4) is 0 Å². The van der Waals surface area contributed by atoms with Crippen LogP contribution in [0.4, 0.5) is 0 Å². The standard InChI is InChI=1S/C13H17BrO4/c1-5-18-13(8(2)15)9-6-11(16-3)12(17-4)7-10(9)14/h6-7,13H,5H2,1-4H3. The molecule has 1 unspecified atom stereocenters. The van der Waals surface area contributed by atoms with E-state index in [1.807, 2.05) is 6.92 Å². The van der Waals surface area contributed by atoms with E-state index in [2.05, 4.69) is 15.9 Å². The van der Waals surface area contributed by atoms with Gasteiger partial charge in [0, 0.05) is 16.6 Å². The molecular formula is C13H17BrO4. The minimum Gasteiger partial charge on any atom is -0.493 e. The van der Waals surface area contributed by atoms with Crippen molar-refractivity contribution in [2.24, 2.45) is 0 Å². The molecule has 1 atom stereocenters. The Kier molecular flexibility index (Phi) is 5.62. The summed E-state index contributed by atoms with van der Waals surface area (Å²) in [6.45, 7) is 3.82. The van der Waals surface area contributed by atoms with E-state index in [0.717, 1.165) is 10.0 Å². The molecule has 0 aliphatic heterocycles. The maximum atomic E-state index is 11.6. The molecule has 0 amide bonds. The number of halogens is 1. The molecule has 0 aromatic heterocycles. The van der Waals surface area contributed by atoms with Crippen LogP contribution in [0.15, 0.2) is 16.6 Å². The highest BCUT2D eigenvalue weighted by Crippen LogP contribution is 2.37. The van der Waals surface area contributed by atoms with Crippen LogP contribution in [-0.4, -0.2) is 26.6 Å². The second-order valence-corrected chi connectivity index (χ2v) is 4.53. The first-order valence-corrected chi connectivity index (χ1v) is 6.37. The quantitative estimate of drug-likeness (QED) is 0.808. The lowest BCUT2D eigenvalue weighted by Gasteiger charge is -2.18. The number of rotatable bonds is 6. The number of carbonyl (C=O) groups is 1. The number of ketones is 1. The average Bonchev–Trinajstić information content (AvgIpc) is 2.35. The van der Waals surface area contributed by atoms with Crippen molar-refractivity contribution in [2.75, 3.05) is 20.8 Å². The van der Waals surface area contributed by atoms with E-state index in [4.69, 9.17) is 14.2 Å². The fraction of sp³-hybridized carbons (Fsp3) is 0.462. The molecule has 0 aliphatic carbocycles. The predicted molar refractivity (Wildman–Crippen MR) is 72.3 cm³/mol. The molecule has 1 aromatic rings. The van der Waals surface area contributed by atoms with Gasteiger partial charge in [-0.2, -0.15) is 0 Å². The van der Waals surface area contributed by atoms with Gasteiger partial charge in [-0.3, -0.25) is 4.79 Å². The van der Waals surface area contributed by atoms with Crippen molar-refractivity contribution in [3.8, 4) is 11.5 Å². The third-order valence-corrected chi connectivity index (χ3v) is 3.17. The molecule has 1 rings (SSSR count). The second-order valence-electron chi connectivity index (χ2n) is 3.67. The van der Waals surface area contributed by atoms with Gasteiger partial charge in [0.15, 0.2) is 17.3 Å². The number of ether oxygens (including phenoxy) is 3. The number of benzene rings is 1. The van der Waals surface area contributed by atoms with Gasteiger partial charge in [-0.05, 0) is 26.0 Å². The molecular weight excluding hydrogens is 300 g/mol. The summed E-state index contributed by atoms with van der Waals surface area (Å²) in [4.78, 5) is 11.6. The molecule has 100 valence electrons. The van der Waals surface area contributed by atoms with Gasteiger partial charge in [-0.25, -0.2) is 0 Å². The first-order valence-electron chi connectivity index (χ1n) is 5.58. The number of Topliss-reactive ketones (excluding diaryl/α,β-unsaturated/α-hetero) is 1. The number of hydrogen-bond acceptors (Lipinski definition) is 4. The molecule has 0 heterocycles. The monoisotopic (exact) mass is 316 g/mol. The Labute approximate surface area is 115 Å².